The Bertz CT molecular complexity index is 1590. The molecule has 4 aromatic carbocycles. The summed E-state index contributed by atoms with van der Waals surface area (Å²) in [4.78, 5) is 13.2. The maximum Gasteiger partial charge on any atom is 0.264 e. The molecule has 0 bridgehead atoms. The van der Waals surface area contributed by atoms with Crippen molar-refractivity contribution < 1.29 is 22.7 Å². The highest BCUT2D eigenvalue weighted by atomic mass is 35.5. The normalized spacial score (nSPS) is 11.9. The number of halogens is 1. The van der Waals surface area contributed by atoms with E-state index in [0.717, 1.165) is 11.1 Å². The minimum atomic E-state index is -3.90. The van der Waals surface area contributed by atoms with Crippen molar-refractivity contribution in [2.75, 3.05) is 18.5 Å². The first-order valence-electron chi connectivity index (χ1n) is 12.6. The Morgan fingerprint density at radius 3 is 2.23 bits per heavy atom. The van der Waals surface area contributed by atoms with Crippen molar-refractivity contribution in [3.63, 3.8) is 0 Å². The average molecular weight is 579 g/mol. The lowest BCUT2D eigenvalue weighted by molar-refractivity contribution is 0.0939. The first-order chi connectivity index (χ1) is 19.1. The van der Waals surface area contributed by atoms with Crippen LogP contribution in [-0.4, -0.2) is 28.5 Å². The highest BCUT2D eigenvalue weighted by Gasteiger charge is 2.26. The van der Waals surface area contributed by atoms with Crippen LogP contribution in [0.25, 0.3) is 0 Å². The minimum Gasteiger partial charge on any atom is -0.493 e. The number of carbonyl (C=O) groups is 1. The molecule has 1 amide bonds. The van der Waals surface area contributed by atoms with Crippen LogP contribution in [0.4, 0.5) is 5.69 Å². The van der Waals surface area contributed by atoms with Crippen LogP contribution in [0.2, 0.25) is 5.02 Å². The fourth-order valence-electron chi connectivity index (χ4n) is 4.28. The van der Waals surface area contributed by atoms with Crippen molar-refractivity contribution in [3.05, 3.63) is 118 Å². The zero-order valence-corrected chi connectivity index (χ0v) is 24.3. The van der Waals surface area contributed by atoms with E-state index in [-0.39, 0.29) is 23.4 Å². The lowest BCUT2D eigenvalue weighted by atomic mass is 10.1. The summed E-state index contributed by atoms with van der Waals surface area (Å²) in [7, 11) is -0.769. The second-order valence-electron chi connectivity index (χ2n) is 9.26. The molecule has 0 spiro atoms. The number of hydrogen-bond donors (Lipinski definition) is 1. The Labute approximate surface area is 240 Å². The minimum absolute atomic E-state index is 0.0579. The molecule has 0 aliphatic rings. The summed E-state index contributed by atoms with van der Waals surface area (Å²) in [5.41, 5.74) is 3.28. The summed E-state index contributed by atoms with van der Waals surface area (Å²) in [6.45, 7) is 3.78. The third kappa shape index (κ3) is 6.41. The van der Waals surface area contributed by atoms with E-state index in [0.29, 0.717) is 33.3 Å². The van der Waals surface area contributed by atoms with E-state index in [9.17, 15) is 13.2 Å². The predicted octanol–water partition coefficient (Wildman–Crippen LogP) is 6.55. The lowest BCUT2D eigenvalue weighted by Gasteiger charge is -2.26. The lowest BCUT2D eigenvalue weighted by Crippen LogP contribution is -2.31. The number of hydrogen-bond acceptors (Lipinski definition) is 5. The molecule has 4 aromatic rings. The maximum atomic E-state index is 13.7. The quantitative estimate of drug-likeness (QED) is 0.231. The largest absolute Gasteiger partial charge is 0.493 e. The number of nitrogens with one attached hydrogen (secondary N) is 1. The molecule has 0 aliphatic carbocycles. The number of sulfonamides is 1. The molecule has 7 nitrogen and oxygen atoms in total. The van der Waals surface area contributed by atoms with Gasteiger partial charge in [0.2, 0.25) is 0 Å². The van der Waals surface area contributed by atoms with Gasteiger partial charge in [-0.2, -0.15) is 0 Å². The Balaban J connectivity index is 1.56. The SMILES string of the molecule is COc1ccc(C(C)NC(=O)c2ccc(CN(c3cc(Cl)ccc3C)S(=O)(=O)c3ccccc3)cc2)cc1OC. The Hall–Kier alpha value is -4.01. The van der Waals surface area contributed by atoms with Crippen LogP contribution in [0.1, 0.15) is 40.0 Å². The molecule has 1 N–H and O–H groups in total. The number of carbonyl (C=O) groups excluding carboxylic acids is 1. The second-order valence-corrected chi connectivity index (χ2v) is 11.6. The Morgan fingerprint density at radius 1 is 0.900 bits per heavy atom. The summed E-state index contributed by atoms with van der Waals surface area (Å²) < 4.78 is 39.4. The van der Waals surface area contributed by atoms with Crippen molar-refractivity contribution in [2.24, 2.45) is 0 Å². The van der Waals surface area contributed by atoms with Gasteiger partial charge in [0, 0.05) is 10.6 Å². The monoisotopic (exact) mass is 578 g/mol. The predicted molar refractivity (Wildman–Crippen MR) is 158 cm³/mol. The van der Waals surface area contributed by atoms with Crippen LogP contribution in [0, 0.1) is 6.92 Å². The highest BCUT2D eigenvalue weighted by Crippen LogP contribution is 2.32. The van der Waals surface area contributed by atoms with Crippen molar-refractivity contribution in [1.29, 1.82) is 0 Å². The van der Waals surface area contributed by atoms with Gasteiger partial charge in [0.25, 0.3) is 15.9 Å². The molecular formula is C31H31ClN2O5S. The number of nitrogens with zero attached hydrogens (tertiary/aromatic N) is 1. The standard InChI is InChI=1S/C31H31ClN2O5S/c1-21-10-16-26(32)19-28(21)34(40(36,37)27-8-6-5-7-9-27)20-23-11-13-24(14-12-23)31(35)33-22(2)25-15-17-29(38-3)30(18-25)39-4/h5-19,22H,20H2,1-4H3,(H,33,35). The number of aryl methyl sites for hydroxylation is 1. The van der Waals surface area contributed by atoms with Crippen molar-refractivity contribution in [3.8, 4) is 11.5 Å². The number of methoxy groups -OCH3 is 2. The molecule has 1 unspecified atom stereocenters. The smallest absolute Gasteiger partial charge is 0.264 e. The fourth-order valence-corrected chi connectivity index (χ4v) is 5.98. The van der Waals surface area contributed by atoms with Crippen LogP contribution in [-0.2, 0) is 16.6 Å². The highest BCUT2D eigenvalue weighted by molar-refractivity contribution is 7.92. The van der Waals surface area contributed by atoms with Crippen LogP contribution in [0.5, 0.6) is 11.5 Å². The molecule has 0 aromatic heterocycles. The van der Waals surface area contributed by atoms with Gasteiger partial charge in [-0.3, -0.25) is 9.10 Å². The molecule has 0 fully saturated rings. The second kappa shape index (κ2) is 12.4. The first kappa shape index (κ1) is 29.0. The third-order valence-electron chi connectivity index (χ3n) is 6.57. The summed E-state index contributed by atoms with van der Waals surface area (Å²) in [5, 5.41) is 3.43. The number of rotatable bonds is 10. The van der Waals surface area contributed by atoms with Gasteiger partial charge in [0.1, 0.15) is 0 Å². The fraction of sp³-hybridized carbons (Fsp3) is 0.194. The van der Waals surface area contributed by atoms with Gasteiger partial charge in [-0.15, -0.1) is 0 Å². The molecule has 4 rings (SSSR count). The van der Waals surface area contributed by atoms with Gasteiger partial charge in [-0.1, -0.05) is 54.1 Å². The molecular weight excluding hydrogens is 548 g/mol. The molecule has 9 heteroatoms. The van der Waals surface area contributed by atoms with Crippen molar-refractivity contribution in [2.45, 2.75) is 31.3 Å². The van der Waals surface area contributed by atoms with E-state index in [1.54, 1.807) is 93.1 Å². The van der Waals surface area contributed by atoms with Gasteiger partial charge in [0.15, 0.2) is 11.5 Å². The summed E-state index contributed by atoms with van der Waals surface area (Å²) >= 11 is 6.25. The van der Waals surface area contributed by atoms with Gasteiger partial charge in [-0.25, -0.2) is 8.42 Å². The first-order valence-corrected chi connectivity index (χ1v) is 14.4. The molecule has 0 saturated heterocycles. The maximum absolute atomic E-state index is 13.7. The van der Waals surface area contributed by atoms with Crippen LogP contribution >= 0.6 is 11.6 Å². The van der Waals surface area contributed by atoms with Gasteiger partial charge < -0.3 is 14.8 Å². The molecule has 40 heavy (non-hydrogen) atoms. The van der Waals surface area contributed by atoms with Gasteiger partial charge >= 0.3 is 0 Å². The molecule has 0 saturated carbocycles. The van der Waals surface area contributed by atoms with Crippen LogP contribution in [0.15, 0.2) is 95.9 Å². The van der Waals surface area contributed by atoms with E-state index in [1.807, 2.05) is 26.0 Å². The summed E-state index contributed by atoms with van der Waals surface area (Å²) in [6.07, 6.45) is 0. The topological polar surface area (TPSA) is 84.9 Å². The number of ether oxygens (including phenoxy) is 2. The molecule has 1 atom stereocenters. The van der Waals surface area contributed by atoms with E-state index >= 15 is 0 Å². The number of amides is 1. The van der Waals surface area contributed by atoms with E-state index in [2.05, 4.69) is 5.32 Å². The van der Waals surface area contributed by atoms with Crippen LogP contribution in [0.3, 0.4) is 0 Å². The molecule has 0 aliphatic heterocycles. The Morgan fingerprint density at radius 2 is 1.57 bits per heavy atom. The zero-order chi connectivity index (χ0) is 28.9. The molecule has 208 valence electrons. The van der Waals surface area contributed by atoms with Crippen molar-refractivity contribution >= 4 is 33.2 Å². The van der Waals surface area contributed by atoms with E-state index in [1.165, 1.54) is 4.31 Å². The third-order valence-corrected chi connectivity index (χ3v) is 8.58. The molecule has 0 heterocycles. The summed E-state index contributed by atoms with van der Waals surface area (Å²) in [6, 6.07) is 25.5. The molecule has 0 radical (unpaired) electrons. The van der Waals surface area contributed by atoms with E-state index < -0.39 is 10.0 Å². The average Bonchev–Trinajstić information content (AvgIpc) is 2.97. The van der Waals surface area contributed by atoms with E-state index in [4.69, 9.17) is 21.1 Å². The van der Waals surface area contributed by atoms with Gasteiger partial charge in [-0.05, 0) is 79.1 Å². The Kier molecular flexibility index (Phi) is 9.02. The zero-order valence-electron chi connectivity index (χ0n) is 22.7. The van der Waals surface area contributed by atoms with Crippen LogP contribution < -0.4 is 19.1 Å². The van der Waals surface area contributed by atoms with Crippen molar-refractivity contribution in [1.82, 2.24) is 5.32 Å². The van der Waals surface area contributed by atoms with Gasteiger partial charge in [0.05, 0.1) is 37.4 Å². The number of benzene rings is 4. The summed E-state index contributed by atoms with van der Waals surface area (Å²) in [5.74, 6) is 0.931. The number of anilines is 1.